The molecule has 0 aromatic heterocycles. The lowest BCUT2D eigenvalue weighted by atomic mass is 10.2. The number of carbonyl (C=O) groups is 1. The second-order valence-corrected chi connectivity index (χ2v) is 7.92. The monoisotopic (exact) mass is 380 g/mol. The molecule has 1 amide bonds. The summed E-state index contributed by atoms with van der Waals surface area (Å²) in [6.07, 6.45) is 3.44. The van der Waals surface area contributed by atoms with E-state index in [2.05, 4.69) is 10.0 Å². The lowest BCUT2D eigenvalue weighted by Crippen LogP contribution is -2.32. The van der Waals surface area contributed by atoms with E-state index >= 15 is 0 Å². The molecule has 0 saturated heterocycles. The molecule has 0 aliphatic heterocycles. The minimum Gasteiger partial charge on any atom is -0.322 e. The summed E-state index contributed by atoms with van der Waals surface area (Å²) in [6.45, 7) is 0. The Morgan fingerprint density at radius 3 is 2.31 bits per heavy atom. The Morgan fingerprint density at radius 2 is 1.65 bits per heavy atom. The number of halogens is 2. The van der Waals surface area contributed by atoms with E-state index < -0.39 is 33.1 Å². The van der Waals surface area contributed by atoms with Gasteiger partial charge in [0.1, 0.15) is 11.6 Å². The van der Waals surface area contributed by atoms with Crippen molar-refractivity contribution in [3.63, 3.8) is 0 Å². The van der Waals surface area contributed by atoms with Crippen molar-refractivity contribution >= 4 is 21.6 Å². The summed E-state index contributed by atoms with van der Waals surface area (Å²) in [5.41, 5.74) is -0.128. The van der Waals surface area contributed by atoms with Gasteiger partial charge >= 0.3 is 0 Å². The molecule has 2 aromatic rings. The number of amides is 1. The van der Waals surface area contributed by atoms with Gasteiger partial charge in [-0.3, -0.25) is 4.79 Å². The minimum atomic E-state index is -3.84. The predicted molar refractivity (Wildman–Crippen MR) is 93.3 cm³/mol. The molecule has 0 atom stereocenters. The molecule has 1 fully saturated rings. The third-order valence-corrected chi connectivity index (χ3v) is 5.79. The summed E-state index contributed by atoms with van der Waals surface area (Å²) >= 11 is 0. The fraction of sp³-hybridized carbons (Fsp3) is 0.278. The number of nitrogens with one attached hydrogen (secondary N) is 2. The molecule has 1 aliphatic rings. The van der Waals surface area contributed by atoms with E-state index in [1.807, 2.05) is 0 Å². The number of benzene rings is 2. The van der Waals surface area contributed by atoms with Gasteiger partial charge in [-0.15, -0.1) is 0 Å². The average molecular weight is 380 g/mol. The first kappa shape index (κ1) is 18.5. The van der Waals surface area contributed by atoms with Crippen molar-refractivity contribution in [1.29, 1.82) is 0 Å². The highest BCUT2D eigenvalue weighted by atomic mass is 32.2. The lowest BCUT2D eigenvalue weighted by molar-refractivity contribution is 0.102. The van der Waals surface area contributed by atoms with Crippen LogP contribution in [0.2, 0.25) is 0 Å². The van der Waals surface area contributed by atoms with Crippen LogP contribution in [0.15, 0.2) is 47.4 Å². The van der Waals surface area contributed by atoms with Crippen molar-refractivity contribution in [3.8, 4) is 0 Å². The molecule has 8 heteroatoms. The van der Waals surface area contributed by atoms with Gasteiger partial charge in [0.15, 0.2) is 0 Å². The first-order valence-corrected chi connectivity index (χ1v) is 9.72. The summed E-state index contributed by atoms with van der Waals surface area (Å²) in [5, 5.41) is 2.42. The topological polar surface area (TPSA) is 75.3 Å². The van der Waals surface area contributed by atoms with Crippen molar-refractivity contribution < 1.29 is 22.0 Å². The fourth-order valence-corrected chi connectivity index (χ4v) is 4.24. The van der Waals surface area contributed by atoms with E-state index in [1.54, 1.807) is 0 Å². The van der Waals surface area contributed by atoms with E-state index in [9.17, 15) is 22.0 Å². The van der Waals surface area contributed by atoms with Crippen LogP contribution >= 0.6 is 0 Å². The Balaban J connectivity index is 1.82. The first-order valence-electron chi connectivity index (χ1n) is 8.24. The molecule has 0 bridgehead atoms. The molecule has 26 heavy (non-hydrogen) atoms. The number of sulfonamides is 1. The zero-order chi connectivity index (χ0) is 18.7. The molecule has 1 aliphatic carbocycles. The third-order valence-electron chi connectivity index (χ3n) is 4.27. The Morgan fingerprint density at radius 1 is 1.00 bits per heavy atom. The molecule has 138 valence electrons. The van der Waals surface area contributed by atoms with Gasteiger partial charge in [0.05, 0.1) is 10.5 Å². The largest absolute Gasteiger partial charge is 0.322 e. The molecular weight excluding hydrogens is 362 g/mol. The van der Waals surface area contributed by atoms with Gasteiger partial charge < -0.3 is 5.32 Å². The fourth-order valence-electron chi connectivity index (χ4n) is 2.91. The van der Waals surface area contributed by atoms with Gasteiger partial charge in [-0.05, 0) is 55.3 Å². The Hall–Kier alpha value is -2.32. The van der Waals surface area contributed by atoms with Crippen LogP contribution in [0.4, 0.5) is 14.5 Å². The van der Waals surface area contributed by atoms with Crippen molar-refractivity contribution in [1.82, 2.24) is 4.72 Å². The number of carbonyl (C=O) groups excluding carboxylic acids is 1. The summed E-state index contributed by atoms with van der Waals surface area (Å²) < 4.78 is 54.5. The van der Waals surface area contributed by atoms with Crippen molar-refractivity contribution in [2.24, 2.45) is 0 Å². The third kappa shape index (κ3) is 4.25. The molecule has 2 aromatic carbocycles. The second kappa shape index (κ2) is 7.51. The SMILES string of the molecule is O=C(Nc1ccc(F)cc1)c1cc(S(=O)(=O)NC2CCCC2)ccc1F. The number of hydrogen-bond donors (Lipinski definition) is 2. The van der Waals surface area contributed by atoms with Crippen molar-refractivity contribution in [2.45, 2.75) is 36.6 Å². The minimum absolute atomic E-state index is 0.137. The Labute approximate surface area is 150 Å². The Bertz CT molecular complexity index is 909. The molecule has 0 unspecified atom stereocenters. The molecule has 0 spiro atoms. The van der Waals surface area contributed by atoms with Gasteiger partial charge in [-0.1, -0.05) is 12.8 Å². The number of hydrogen-bond acceptors (Lipinski definition) is 3. The molecule has 0 radical (unpaired) electrons. The molecular formula is C18H18F2N2O3S. The van der Waals surface area contributed by atoms with Crippen LogP contribution in [0.1, 0.15) is 36.0 Å². The highest BCUT2D eigenvalue weighted by Gasteiger charge is 2.24. The zero-order valence-electron chi connectivity index (χ0n) is 13.8. The average Bonchev–Trinajstić information content (AvgIpc) is 3.09. The maximum atomic E-state index is 14.0. The molecule has 2 N–H and O–H groups in total. The zero-order valence-corrected chi connectivity index (χ0v) is 14.7. The van der Waals surface area contributed by atoms with E-state index in [1.165, 1.54) is 12.1 Å². The van der Waals surface area contributed by atoms with Crippen LogP contribution in [0.3, 0.4) is 0 Å². The highest BCUT2D eigenvalue weighted by Crippen LogP contribution is 2.22. The predicted octanol–water partition coefficient (Wildman–Crippen LogP) is 3.44. The maximum Gasteiger partial charge on any atom is 0.258 e. The number of rotatable bonds is 5. The molecule has 0 heterocycles. The Kier molecular flexibility index (Phi) is 5.33. The van der Waals surface area contributed by atoms with E-state index in [4.69, 9.17) is 0 Å². The van der Waals surface area contributed by atoms with Gasteiger partial charge in [-0.2, -0.15) is 0 Å². The molecule has 5 nitrogen and oxygen atoms in total. The normalized spacial score (nSPS) is 15.2. The highest BCUT2D eigenvalue weighted by molar-refractivity contribution is 7.89. The van der Waals surface area contributed by atoms with E-state index in [-0.39, 0.29) is 16.6 Å². The van der Waals surface area contributed by atoms with Crippen LogP contribution < -0.4 is 10.0 Å². The second-order valence-electron chi connectivity index (χ2n) is 6.21. The smallest absolute Gasteiger partial charge is 0.258 e. The van der Waals surface area contributed by atoms with E-state index in [0.717, 1.165) is 56.0 Å². The van der Waals surface area contributed by atoms with Crippen LogP contribution in [0.5, 0.6) is 0 Å². The summed E-state index contributed by atoms with van der Waals surface area (Å²) in [7, 11) is -3.84. The molecule has 3 rings (SSSR count). The standard InChI is InChI=1S/C18H18F2N2O3S/c19-12-5-7-13(8-6-12)21-18(23)16-11-15(9-10-17(16)20)26(24,25)22-14-3-1-2-4-14/h5-11,14,22H,1-4H2,(H,21,23). The lowest BCUT2D eigenvalue weighted by Gasteiger charge is -2.13. The first-order chi connectivity index (χ1) is 12.3. The van der Waals surface area contributed by atoms with Crippen LogP contribution in [0.25, 0.3) is 0 Å². The van der Waals surface area contributed by atoms with Gasteiger partial charge in [0, 0.05) is 11.7 Å². The van der Waals surface area contributed by atoms with Gasteiger partial charge in [0.25, 0.3) is 5.91 Å². The van der Waals surface area contributed by atoms with Crippen LogP contribution in [0, 0.1) is 11.6 Å². The maximum absolute atomic E-state index is 14.0. The van der Waals surface area contributed by atoms with Gasteiger partial charge in [-0.25, -0.2) is 21.9 Å². The molecule has 1 saturated carbocycles. The quantitative estimate of drug-likeness (QED) is 0.834. The van der Waals surface area contributed by atoms with Gasteiger partial charge in [0.2, 0.25) is 10.0 Å². The van der Waals surface area contributed by atoms with Crippen LogP contribution in [-0.2, 0) is 10.0 Å². The summed E-state index contributed by atoms with van der Waals surface area (Å²) in [4.78, 5) is 12.1. The van der Waals surface area contributed by atoms with Crippen LogP contribution in [-0.4, -0.2) is 20.4 Å². The van der Waals surface area contributed by atoms with Crippen molar-refractivity contribution in [2.75, 3.05) is 5.32 Å². The summed E-state index contributed by atoms with van der Waals surface area (Å²) in [6, 6.07) is 7.90. The number of anilines is 1. The van der Waals surface area contributed by atoms with E-state index in [0.29, 0.717) is 0 Å². The van der Waals surface area contributed by atoms with Crippen molar-refractivity contribution in [3.05, 3.63) is 59.7 Å². The summed E-state index contributed by atoms with van der Waals surface area (Å²) in [5.74, 6) is -2.13.